The highest BCUT2D eigenvalue weighted by atomic mass is 32.2. The molecule has 0 aliphatic heterocycles. The zero-order valence-electron chi connectivity index (χ0n) is 12.3. The highest BCUT2D eigenvalue weighted by molar-refractivity contribution is 8.00. The quantitative estimate of drug-likeness (QED) is 0.900. The minimum absolute atomic E-state index is 0.0171. The van der Waals surface area contributed by atoms with Crippen molar-refractivity contribution >= 4 is 11.8 Å². The van der Waals surface area contributed by atoms with E-state index in [0.29, 0.717) is 0 Å². The normalized spacial score (nSPS) is 13.5. The molecule has 0 fully saturated rings. The molecule has 102 valence electrons. The summed E-state index contributed by atoms with van der Waals surface area (Å²) >= 11 is 1.89. The molecule has 1 rings (SSSR count). The molecule has 0 saturated carbocycles. The van der Waals surface area contributed by atoms with E-state index >= 15 is 0 Å². The van der Waals surface area contributed by atoms with Gasteiger partial charge in [0, 0.05) is 22.1 Å². The monoisotopic (exact) mass is 267 g/mol. The minimum Gasteiger partial charge on any atom is -0.496 e. The molecule has 2 nitrogen and oxygen atoms in total. The predicted molar refractivity (Wildman–Crippen MR) is 81.6 cm³/mol. The maximum Gasteiger partial charge on any atom is 0.126 e. The minimum atomic E-state index is 0.0171. The van der Waals surface area contributed by atoms with Gasteiger partial charge >= 0.3 is 0 Å². The fourth-order valence-electron chi connectivity index (χ4n) is 1.80. The third-order valence-corrected chi connectivity index (χ3v) is 4.40. The van der Waals surface area contributed by atoms with Crippen molar-refractivity contribution in [3.8, 4) is 5.75 Å². The van der Waals surface area contributed by atoms with Crippen LogP contribution in [-0.2, 0) is 0 Å². The maximum absolute atomic E-state index is 6.30. The number of methoxy groups -OCH3 is 1. The summed E-state index contributed by atoms with van der Waals surface area (Å²) in [6, 6.07) is 4.23. The Hall–Kier alpha value is -0.670. The molecule has 0 amide bonds. The Morgan fingerprint density at radius 1 is 1.28 bits per heavy atom. The Morgan fingerprint density at radius 3 is 2.39 bits per heavy atom. The summed E-state index contributed by atoms with van der Waals surface area (Å²) in [6.45, 7) is 10.8. The summed E-state index contributed by atoms with van der Waals surface area (Å²) in [5, 5.41) is 0. The fraction of sp³-hybridized carbons (Fsp3) is 0.600. The first-order chi connectivity index (χ1) is 8.26. The van der Waals surface area contributed by atoms with E-state index in [0.717, 1.165) is 17.1 Å². The van der Waals surface area contributed by atoms with Crippen molar-refractivity contribution in [2.45, 2.75) is 45.4 Å². The smallest absolute Gasteiger partial charge is 0.126 e. The number of nitrogens with two attached hydrogens (primary N) is 1. The summed E-state index contributed by atoms with van der Waals surface area (Å²) in [5.41, 5.74) is 9.83. The SMILES string of the molecule is COc1c(C(N)CSC(C)(C)C)ccc(C)c1C. The number of thioether (sulfide) groups is 1. The highest BCUT2D eigenvalue weighted by Gasteiger charge is 2.18. The standard InChI is InChI=1S/C15H25NOS/c1-10-7-8-12(14(17-6)11(10)2)13(16)9-18-15(3,4)5/h7-8,13H,9,16H2,1-6H3. The molecule has 3 heteroatoms. The van der Waals surface area contributed by atoms with Gasteiger partial charge in [-0.3, -0.25) is 0 Å². The van der Waals surface area contributed by atoms with Gasteiger partial charge in [0.05, 0.1) is 7.11 Å². The molecule has 0 aliphatic carbocycles. The molecule has 0 radical (unpaired) electrons. The van der Waals surface area contributed by atoms with Crippen LogP contribution in [0.4, 0.5) is 0 Å². The molecule has 0 heterocycles. The second-order valence-electron chi connectivity index (χ2n) is 5.66. The Labute approximate surface area is 115 Å². The van der Waals surface area contributed by atoms with Crippen molar-refractivity contribution in [2.75, 3.05) is 12.9 Å². The molecule has 18 heavy (non-hydrogen) atoms. The van der Waals surface area contributed by atoms with Crippen molar-refractivity contribution in [3.63, 3.8) is 0 Å². The van der Waals surface area contributed by atoms with Crippen molar-refractivity contribution in [3.05, 3.63) is 28.8 Å². The zero-order chi connectivity index (χ0) is 13.9. The average Bonchev–Trinajstić information content (AvgIpc) is 2.28. The molecule has 0 bridgehead atoms. The van der Waals surface area contributed by atoms with E-state index in [-0.39, 0.29) is 10.8 Å². The topological polar surface area (TPSA) is 35.2 Å². The van der Waals surface area contributed by atoms with Crippen LogP contribution in [0.2, 0.25) is 0 Å². The largest absolute Gasteiger partial charge is 0.496 e. The van der Waals surface area contributed by atoms with Gasteiger partial charge in [0.25, 0.3) is 0 Å². The summed E-state index contributed by atoms with van der Waals surface area (Å²) in [4.78, 5) is 0. The lowest BCUT2D eigenvalue weighted by molar-refractivity contribution is 0.403. The van der Waals surface area contributed by atoms with Crippen LogP contribution < -0.4 is 10.5 Å². The van der Waals surface area contributed by atoms with Gasteiger partial charge in [-0.2, -0.15) is 11.8 Å². The van der Waals surface area contributed by atoms with Crippen LogP contribution in [0.25, 0.3) is 0 Å². The van der Waals surface area contributed by atoms with Gasteiger partial charge in [0.15, 0.2) is 0 Å². The van der Waals surface area contributed by atoms with E-state index in [2.05, 4.69) is 46.8 Å². The van der Waals surface area contributed by atoms with Crippen molar-refractivity contribution in [2.24, 2.45) is 5.73 Å². The van der Waals surface area contributed by atoms with Crippen LogP contribution in [0.1, 0.15) is 43.5 Å². The van der Waals surface area contributed by atoms with Gasteiger partial charge in [0.1, 0.15) is 5.75 Å². The first kappa shape index (κ1) is 15.4. The lowest BCUT2D eigenvalue weighted by atomic mass is 10.0. The summed E-state index contributed by atoms with van der Waals surface area (Å²) < 4.78 is 5.76. The summed E-state index contributed by atoms with van der Waals surface area (Å²) in [7, 11) is 1.72. The fourth-order valence-corrected chi connectivity index (χ4v) is 2.66. The van der Waals surface area contributed by atoms with Gasteiger partial charge in [-0.25, -0.2) is 0 Å². The molecular weight excluding hydrogens is 242 g/mol. The first-order valence-electron chi connectivity index (χ1n) is 6.30. The molecule has 1 unspecified atom stereocenters. The second kappa shape index (κ2) is 5.98. The Kier molecular flexibility index (Phi) is 5.11. The number of aryl methyl sites for hydroxylation is 1. The second-order valence-corrected chi connectivity index (χ2v) is 7.51. The van der Waals surface area contributed by atoms with Gasteiger partial charge in [-0.15, -0.1) is 0 Å². The van der Waals surface area contributed by atoms with E-state index < -0.39 is 0 Å². The Balaban J connectivity index is 2.92. The number of ether oxygens (including phenoxy) is 1. The van der Waals surface area contributed by atoms with Crippen LogP contribution in [0.3, 0.4) is 0 Å². The molecule has 0 aliphatic rings. The van der Waals surface area contributed by atoms with E-state index in [1.807, 2.05) is 11.8 Å². The van der Waals surface area contributed by atoms with Crippen molar-refractivity contribution < 1.29 is 4.74 Å². The van der Waals surface area contributed by atoms with Crippen LogP contribution in [-0.4, -0.2) is 17.6 Å². The van der Waals surface area contributed by atoms with Crippen LogP contribution in [0.5, 0.6) is 5.75 Å². The van der Waals surface area contributed by atoms with Gasteiger partial charge in [-0.1, -0.05) is 32.9 Å². The van der Waals surface area contributed by atoms with Crippen molar-refractivity contribution in [1.29, 1.82) is 0 Å². The Morgan fingerprint density at radius 2 is 1.89 bits per heavy atom. The molecule has 2 N–H and O–H groups in total. The average molecular weight is 267 g/mol. The van der Waals surface area contributed by atoms with E-state index in [9.17, 15) is 0 Å². The lowest BCUT2D eigenvalue weighted by Crippen LogP contribution is -2.19. The lowest BCUT2D eigenvalue weighted by Gasteiger charge is -2.23. The summed E-state index contributed by atoms with van der Waals surface area (Å²) in [6.07, 6.45) is 0. The third kappa shape index (κ3) is 3.92. The van der Waals surface area contributed by atoms with Crippen LogP contribution in [0, 0.1) is 13.8 Å². The molecule has 1 aromatic rings. The molecule has 0 saturated heterocycles. The first-order valence-corrected chi connectivity index (χ1v) is 7.28. The van der Waals surface area contributed by atoms with Gasteiger partial charge in [0.2, 0.25) is 0 Å². The third-order valence-electron chi connectivity index (χ3n) is 3.01. The van der Waals surface area contributed by atoms with Crippen molar-refractivity contribution in [1.82, 2.24) is 0 Å². The van der Waals surface area contributed by atoms with Gasteiger partial charge in [-0.05, 0) is 25.0 Å². The highest BCUT2D eigenvalue weighted by Crippen LogP contribution is 2.33. The number of benzene rings is 1. The van der Waals surface area contributed by atoms with Crippen LogP contribution in [0.15, 0.2) is 12.1 Å². The molecular formula is C15H25NOS. The van der Waals surface area contributed by atoms with Gasteiger partial charge < -0.3 is 10.5 Å². The van der Waals surface area contributed by atoms with Crippen LogP contribution >= 0.6 is 11.8 Å². The van der Waals surface area contributed by atoms with E-state index in [1.165, 1.54) is 11.1 Å². The Bertz CT molecular complexity index is 410. The molecule has 0 aromatic heterocycles. The molecule has 1 aromatic carbocycles. The molecule has 0 spiro atoms. The van der Waals surface area contributed by atoms with E-state index in [1.54, 1.807) is 7.11 Å². The number of hydrogen-bond donors (Lipinski definition) is 1. The number of rotatable bonds is 4. The zero-order valence-corrected chi connectivity index (χ0v) is 13.1. The molecule has 1 atom stereocenters. The predicted octanol–water partition coefficient (Wildman–Crippen LogP) is 3.84. The summed E-state index contributed by atoms with van der Waals surface area (Å²) in [5.74, 6) is 1.85. The number of hydrogen-bond acceptors (Lipinski definition) is 3. The van der Waals surface area contributed by atoms with E-state index in [4.69, 9.17) is 10.5 Å². The maximum atomic E-state index is 6.30.